The molecule has 0 aliphatic heterocycles. The number of rotatable bonds is 5. The van der Waals surface area contributed by atoms with E-state index in [1.807, 2.05) is 24.3 Å². The summed E-state index contributed by atoms with van der Waals surface area (Å²) in [5.41, 5.74) is 3.09. The molecule has 0 atom stereocenters. The van der Waals surface area contributed by atoms with E-state index in [0.29, 0.717) is 28.3 Å². The molecule has 0 bridgehead atoms. The first-order chi connectivity index (χ1) is 11.1. The Kier molecular flexibility index (Phi) is 5.11. The Hall–Kier alpha value is -1.68. The van der Waals surface area contributed by atoms with Crippen LogP contribution >= 0.6 is 34.8 Å². The predicted molar refractivity (Wildman–Crippen MR) is 94.3 cm³/mol. The molecule has 1 aromatic carbocycles. The number of anilines is 1. The second kappa shape index (κ2) is 7.26. The zero-order valence-corrected chi connectivity index (χ0v) is 14.3. The molecule has 0 saturated heterocycles. The minimum Gasteiger partial charge on any atom is -0.470 e. The van der Waals surface area contributed by atoms with Gasteiger partial charge in [-0.2, -0.15) is 0 Å². The molecular weight excluding hydrogens is 355 g/mol. The van der Waals surface area contributed by atoms with Crippen molar-refractivity contribution in [2.45, 2.75) is 13.1 Å². The van der Waals surface area contributed by atoms with Gasteiger partial charge in [0, 0.05) is 19.3 Å². The van der Waals surface area contributed by atoms with Crippen LogP contribution in [0, 0.1) is 0 Å². The topological polar surface area (TPSA) is 29.3 Å². The quantitative estimate of drug-likeness (QED) is 0.530. The number of halogens is 3. The predicted octanol–water partition coefficient (Wildman–Crippen LogP) is 5.84. The highest BCUT2D eigenvalue weighted by Gasteiger charge is 2.11. The summed E-state index contributed by atoms with van der Waals surface area (Å²) in [4.78, 5) is 6.28. The van der Waals surface area contributed by atoms with Gasteiger partial charge in [0.2, 0.25) is 0 Å². The number of nitrogens with zero attached hydrogens (tertiary/aromatic N) is 2. The smallest absolute Gasteiger partial charge is 0.129 e. The van der Waals surface area contributed by atoms with Gasteiger partial charge < -0.3 is 9.32 Å². The summed E-state index contributed by atoms with van der Waals surface area (Å²) in [6.45, 7) is 1.34. The van der Waals surface area contributed by atoms with Crippen molar-refractivity contribution in [3.63, 3.8) is 0 Å². The molecule has 0 N–H and O–H groups in total. The van der Waals surface area contributed by atoms with Gasteiger partial charge in [-0.1, -0.05) is 46.9 Å². The number of benzene rings is 1. The lowest BCUT2D eigenvalue weighted by Crippen LogP contribution is -2.21. The maximum Gasteiger partial charge on any atom is 0.129 e. The third-order valence-electron chi connectivity index (χ3n) is 3.39. The zero-order chi connectivity index (χ0) is 16.2. The van der Waals surface area contributed by atoms with E-state index in [0.717, 1.165) is 16.8 Å². The van der Waals surface area contributed by atoms with Crippen LogP contribution in [0.1, 0.15) is 11.1 Å². The Morgan fingerprint density at radius 3 is 2.35 bits per heavy atom. The maximum absolute atomic E-state index is 6.11. The second-order valence-electron chi connectivity index (χ2n) is 5.08. The molecule has 6 heteroatoms. The Morgan fingerprint density at radius 1 is 0.913 bits per heavy atom. The van der Waals surface area contributed by atoms with Crippen molar-refractivity contribution < 1.29 is 4.42 Å². The maximum atomic E-state index is 6.11. The highest BCUT2D eigenvalue weighted by molar-refractivity contribution is 6.42. The molecule has 0 fully saturated rings. The van der Waals surface area contributed by atoms with E-state index in [-0.39, 0.29) is 0 Å². The summed E-state index contributed by atoms with van der Waals surface area (Å²) in [5, 5.41) is 1.57. The van der Waals surface area contributed by atoms with Gasteiger partial charge in [-0.15, -0.1) is 0 Å². The molecule has 2 heterocycles. The second-order valence-corrected chi connectivity index (χ2v) is 6.28. The van der Waals surface area contributed by atoms with Crippen LogP contribution in [0.15, 0.2) is 59.5 Å². The van der Waals surface area contributed by atoms with Gasteiger partial charge in [0.25, 0.3) is 0 Å². The Morgan fingerprint density at radius 2 is 1.70 bits per heavy atom. The van der Waals surface area contributed by atoms with Gasteiger partial charge in [0.15, 0.2) is 0 Å². The summed E-state index contributed by atoms with van der Waals surface area (Å²) in [6.07, 6.45) is 5.13. The summed E-state index contributed by atoms with van der Waals surface area (Å²) in [5.74, 6) is 0. The van der Waals surface area contributed by atoms with E-state index in [1.165, 1.54) is 0 Å². The molecule has 0 aliphatic rings. The van der Waals surface area contributed by atoms with E-state index >= 15 is 0 Å². The first kappa shape index (κ1) is 16.2. The van der Waals surface area contributed by atoms with Crippen LogP contribution in [0.3, 0.4) is 0 Å². The van der Waals surface area contributed by atoms with Gasteiger partial charge >= 0.3 is 0 Å². The SMILES string of the molecule is Clc1ccc(CN(Cc2ccc(Cl)c(Cl)c2)c2ccoc2)cn1. The highest BCUT2D eigenvalue weighted by Crippen LogP contribution is 2.26. The lowest BCUT2D eigenvalue weighted by atomic mass is 10.2. The van der Waals surface area contributed by atoms with Crippen molar-refractivity contribution >= 4 is 40.5 Å². The molecule has 0 saturated carbocycles. The molecule has 0 amide bonds. The first-order valence-electron chi connectivity index (χ1n) is 6.93. The van der Waals surface area contributed by atoms with Crippen LogP contribution in [0.5, 0.6) is 0 Å². The third kappa shape index (κ3) is 4.20. The number of furan rings is 1. The Labute approximate surface area is 149 Å². The molecular formula is C17H13Cl3N2O. The van der Waals surface area contributed by atoms with Gasteiger partial charge in [0.05, 0.1) is 22.0 Å². The molecule has 23 heavy (non-hydrogen) atoms. The molecule has 3 rings (SSSR count). The third-order valence-corrected chi connectivity index (χ3v) is 4.35. The fraction of sp³-hybridized carbons (Fsp3) is 0.118. The number of aromatic nitrogens is 1. The van der Waals surface area contributed by atoms with Crippen LogP contribution in [0.2, 0.25) is 15.2 Å². The lowest BCUT2D eigenvalue weighted by Gasteiger charge is -2.23. The van der Waals surface area contributed by atoms with Crippen LogP contribution in [0.4, 0.5) is 5.69 Å². The van der Waals surface area contributed by atoms with Crippen molar-refractivity contribution in [1.29, 1.82) is 0 Å². The minimum absolute atomic E-state index is 0.480. The molecule has 3 nitrogen and oxygen atoms in total. The fourth-order valence-corrected chi connectivity index (χ4v) is 2.69. The fourth-order valence-electron chi connectivity index (χ4n) is 2.25. The van der Waals surface area contributed by atoms with E-state index in [9.17, 15) is 0 Å². The van der Waals surface area contributed by atoms with Crippen molar-refractivity contribution in [2.24, 2.45) is 0 Å². The highest BCUT2D eigenvalue weighted by atomic mass is 35.5. The van der Waals surface area contributed by atoms with Crippen molar-refractivity contribution in [3.8, 4) is 0 Å². The largest absolute Gasteiger partial charge is 0.470 e. The van der Waals surface area contributed by atoms with Gasteiger partial charge in [-0.25, -0.2) is 4.98 Å². The van der Waals surface area contributed by atoms with Crippen molar-refractivity contribution in [3.05, 3.63) is 81.4 Å². The van der Waals surface area contributed by atoms with Gasteiger partial charge in [-0.05, 0) is 35.4 Å². The number of hydrogen-bond donors (Lipinski definition) is 0. The normalized spacial score (nSPS) is 10.7. The van der Waals surface area contributed by atoms with E-state index in [1.54, 1.807) is 30.9 Å². The molecule has 118 valence electrons. The van der Waals surface area contributed by atoms with Gasteiger partial charge in [-0.3, -0.25) is 0 Å². The summed E-state index contributed by atoms with van der Waals surface area (Å²) >= 11 is 17.9. The van der Waals surface area contributed by atoms with E-state index in [2.05, 4.69) is 9.88 Å². The van der Waals surface area contributed by atoms with Crippen LogP contribution in [-0.2, 0) is 13.1 Å². The van der Waals surface area contributed by atoms with Crippen LogP contribution < -0.4 is 4.90 Å². The van der Waals surface area contributed by atoms with Crippen LogP contribution in [0.25, 0.3) is 0 Å². The number of pyridine rings is 1. The van der Waals surface area contributed by atoms with Gasteiger partial charge in [0.1, 0.15) is 11.4 Å². The molecule has 2 aromatic heterocycles. The molecule has 0 radical (unpaired) electrons. The minimum atomic E-state index is 0.480. The Balaban J connectivity index is 1.83. The molecule has 0 spiro atoms. The van der Waals surface area contributed by atoms with Crippen molar-refractivity contribution in [1.82, 2.24) is 4.98 Å². The Bertz CT molecular complexity index is 773. The summed E-state index contributed by atoms with van der Waals surface area (Å²) in [6, 6.07) is 11.3. The average Bonchev–Trinajstić information content (AvgIpc) is 3.07. The summed E-state index contributed by atoms with van der Waals surface area (Å²) in [7, 11) is 0. The van der Waals surface area contributed by atoms with E-state index in [4.69, 9.17) is 39.2 Å². The molecule has 0 unspecified atom stereocenters. The first-order valence-corrected chi connectivity index (χ1v) is 8.07. The molecule has 3 aromatic rings. The standard InChI is InChI=1S/C17H13Cl3N2O/c18-15-3-1-12(7-16(15)19)9-22(14-5-6-23-11-14)10-13-2-4-17(20)21-8-13/h1-8,11H,9-10H2. The monoisotopic (exact) mass is 366 g/mol. The van der Waals surface area contributed by atoms with Crippen LogP contribution in [-0.4, -0.2) is 4.98 Å². The molecule has 0 aliphatic carbocycles. The lowest BCUT2D eigenvalue weighted by molar-refractivity contribution is 0.565. The number of hydrogen-bond acceptors (Lipinski definition) is 3. The summed E-state index contributed by atoms with van der Waals surface area (Å²) < 4.78 is 5.21. The average molecular weight is 368 g/mol. The zero-order valence-electron chi connectivity index (χ0n) is 12.0. The van der Waals surface area contributed by atoms with Crippen molar-refractivity contribution in [2.75, 3.05) is 4.90 Å². The van der Waals surface area contributed by atoms with E-state index < -0.39 is 0 Å².